The zero-order valence-corrected chi connectivity index (χ0v) is 10.7. The summed E-state index contributed by atoms with van der Waals surface area (Å²) in [4.78, 5) is 14.8. The first-order valence-electron chi connectivity index (χ1n) is 6.17. The lowest BCUT2D eigenvalue weighted by molar-refractivity contribution is 0.111. The normalized spacial score (nSPS) is 10.2. The van der Waals surface area contributed by atoms with Gasteiger partial charge in [-0.3, -0.25) is 9.78 Å². The maximum Gasteiger partial charge on any atom is 0.233 e. The molecule has 2 heterocycles. The third kappa shape index (κ3) is 3.84. The first kappa shape index (κ1) is 13.1. The van der Waals surface area contributed by atoms with Crippen LogP contribution >= 0.6 is 0 Å². The highest BCUT2D eigenvalue weighted by molar-refractivity contribution is 5.71. The molecule has 0 saturated heterocycles. The van der Waals surface area contributed by atoms with Crippen LogP contribution < -0.4 is 4.74 Å². The van der Waals surface area contributed by atoms with Crippen LogP contribution in [0, 0.1) is 0 Å². The number of aromatic nitrogens is 3. The first-order valence-corrected chi connectivity index (χ1v) is 6.17. The van der Waals surface area contributed by atoms with Crippen LogP contribution in [0.25, 0.3) is 0 Å². The molecular weight excluding hydrogens is 242 g/mol. The quantitative estimate of drug-likeness (QED) is 0.739. The molecule has 0 spiro atoms. The number of aryl methyl sites for hydroxylation is 1. The van der Waals surface area contributed by atoms with E-state index in [1.54, 1.807) is 12.1 Å². The fourth-order valence-electron chi connectivity index (χ4n) is 1.54. The van der Waals surface area contributed by atoms with Gasteiger partial charge in [-0.2, -0.15) is 0 Å². The van der Waals surface area contributed by atoms with Gasteiger partial charge in [0.05, 0.1) is 6.61 Å². The molecule has 2 aromatic heterocycles. The fourth-order valence-corrected chi connectivity index (χ4v) is 1.54. The van der Waals surface area contributed by atoms with Crippen molar-refractivity contribution >= 4 is 6.29 Å². The lowest BCUT2D eigenvalue weighted by Crippen LogP contribution is -2.05. The van der Waals surface area contributed by atoms with Gasteiger partial charge in [-0.05, 0) is 24.1 Å². The molecule has 2 aromatic rings. The van der Waals surface area contributed by atoms with E-state index in [0.717, 1.165) is 12.1 Å². The number of rotatable bonds is 6. The van der Waals surface area contributed by atoms with Crippen LogP contribution in [0.1, 0.15) is 28.7 Å². The maximum absolute atomic E-state index is 10.4. The van der Waals surface area contributed by atoms with Crippen molar-refractivity contribution in [3.05, 3.63) is 47.4 Å². The van der Waals surface area contributed by atoms with Crippen LogP contribution in [0.3, 0.4) is 0 Å². The number of ether oxygens (including phenoxy) is 1. The minimum Gasteiger partial charge on any atom is -0.476 e. The second-order valence-electron chi connectivity index (χ2n) is 4.02. The monoisotopic (exact) mass is 257 g/mol. The van der Waals surface area contributed by atoms with Crippen LogP contribution in [0.5, 0.6) is 5.88 Å². The maximum atomic E-state index is 10.4. The molecule has 19 heavy (non-hydrogen) atoms. The average molecular weight is 257 g/mol. The Kier molecular flexibility index (Phi) is 4.55. The Labute approximate surface area is 111 Å². The number of carbonyl (C=O) groups is 1. The van der Waals surface area contributed by atoms with Gasteiger partial charge in [0.1, 0.15) is 5.69 Å². The van der Waals surface area contributed by atoms with Crippen molar-refractivity contribution in [3.63, 3.8) is 0 Å². The molecule has 0 unspecified atom stereocenters. The highest BCUT2D eigenvalue weighted by Crippen LogP contribution is 2.06. The van der Waals surface area contributed by atoms with Crippen molar-refractivity contribution in [2.75, 3.05) is 6.61 Å². The molecule has 0 aliphatic rings. The number of hydrogen-bond acceptors (Lipinski definition) is 5. The van der Waals surface area contributed by atoms with Crippen LogP contribution in [0.15, 0.2) is 30.5 Å². The van der Waals surface area contributed by atoms with Crippen LogP contribution in [0.2, 0.25) is 0 Å². The van der Waals surface area contributed by atoms with Gasteiger partial charge in [-0.25, -0.2) is 0 Å². The zero-order chi connectivity index (χ0) is 13.5. The van der Waals surface area contributed by atoms with E-state index in [0.29, 0.717) is 30.9 Å². The van der Waals surface area contributed by atoms with Gasteiger partial charge in [0.15, 0.2) is 6.29 Å². The molecular formula is C14H15N3O2. The van der Waals surface area contributed by atoms with Crippen molar-refractivity contribution in [2.45, 2.75) is 19.8 Å². The minimum absolute atomic E-state index is 0.296. The number of nitrogens with zero attached hydrogens (tertiary/aromatic N) is 3. The Balaban J connectivity index is 1.83. The van der Waals surface area contributed by atoms with Crippen molar-refractivity contribution in [2.24, 2.45) is 0 Å². The summed E-state index contributed by atoms with van der Waals surface area (Å²) in [5.41, 5.74) is 2.50. The molecule has 0 N–H and O–H groups in total. The van der Waals surface area contributed by atoms with Gasteiger partial charge in [-0.15, -0.1) is 10.2 Å². The van der Waals surface area contributed by atoms with Crippen LogP contribution in [-0.2, 0) is 12.8 Å². The van der Waals surface area contributed by atoms with E-state index in [4.69, 9.17) is 4.74 Å². The summed E-state index contributed by atoms with van der Waals surface area (Å²) in [5, 5.41) is 7.47. The molecule has 0 aliphatic carbocycles. The predicted octanol–water partition coefficient (Wildman–Crippen LogP) is 1.87. The van der Waals surface area contributed by atoms with Crippen molar-refractivity contribution in [1.29, 1.82) is 0 Å². The molecule has 0 saturated carbocycles. The number of pyridine rings is 1. The number of hydrogen-bond donors (Lipinski definition) is 0. The summed E-state index contributed by atoms with van der Waals surface area (Å²) in [5.74, 6) is 0.413. The molecule has 5 heteroatoms. The van der Waals surface area contributed by atoms with Crippen LogP contribution in [0.4, 0.5) is 0 Å². The summed E-state index contributed by atoms with van der Waals surface area (Å²) >= 11 is 0. The Morgan fingerprint density at radius 1 is 1.21 bits per heavy atom. The van der Waals surface area contributed by atoms with E-state index in [1.807, 2.05) is 12.3 Å². The van der Waals surface area contributed by atoms with E-state index in [9.17, 15) is 4.79 Å². The second-order valence-corrected chi connectivity index (χ2v) is 4.02. The Bertz CT molecular complexity index is 523. The van der Waals surface area contributed by atoms with Crippen LogP contribution in [-0.4, -0.2) is 28.1 Å². The molecule has 5 nitrogen and oxygen atoms in total. The lowest BCUT2D eigenvalue weighted by atomic mass is 10.2. The van der Waals surface area contributed by atoms with Gasteiger partial charge in [0.2, 0.25) is 5.88 Å². The number of aldehydes is 1. The average Bonchev–Trinajstić information content (AvgIpc) is 2.49. The lowest BCUT2D eigenvalue weighted by Gasteiger charge is -2.04. The summed E-state index contributed by atoms with van der Waals surface area (Å²) in [7, 11) is 0. The molecule has 2 rings (SSSR count). The topological polar surface area (TPSA) is 65.0 Å². The largest absolute Gasteiger partial charge is 0.476 e. The van der Waals surface area contributed by atoms with Gasteiger partial charge in [0, 0.05) is 24.4 Å². The predicted molar refractivity (Wildman–Crippen MR) is 70.2 cm³/mol. The van der Waals surface area contributed by atoms with Gasteiger partial charge in [0.25, 0.3) is 0 Å². The summed E-state index contributed by atoms with van der Waals surface area (Å²) in [6, 6.07) is 7.28. The smallest absolute Gasteiger partial charge is 0.233 e. The fraction of sp³-hybridized carbons (Fsp3) is 0.286. The van der Waals surface area contributed by atoms with E-state index in [2.05, 4.69) is 28.2 Å². The molecule has 0 bridgehead atoms. The SMILES string of the molecule is CCc1ccc(CCOc2ccc(C=O)nn2)nc1. The summed E-state index contributed by atoms with van der Waals surface area (Å²) in [6.45, 7) is 2.58. The minimum atomic E-state index is 0.296. The molecule has 0 aromatic carbocycles. The Morgan fingerprint density at radius 3 is 2.68 bits per heavy atom. The van der Waals surface area contributed by atoms with Gasteiger partial charge >= 0.3 is 0 Å². The zero-order valence-electron chi connectivity index (χ0n) is 10.7. The molecule has 0 aliphatic heterocycles. The molecule has 0 radical (unpaired) electrons. The summed E-state index contributed by atoms with van der Waals surface area (Å²) in [6.07, 6.45) is 4.23. The Hall–Kier alpha value is -2.30. The van der Waals surface area contributed by atoms with Gasteiger partial charge in [-0.1, -0.05) is 13.0 Å². The third-order valence-corrected chi connectivity index (χ3v) is 2.68. The molecule has 98 valence electrons. The van der Waals surface area contributed by atoms with Crippen molar-refractivity contribution < 1.29 is 9.53 Å². The molecule has 0 fully saturated rings. The third-order valence-electron chi connectivity index (χ3n) is 2.68. The standard InChI is InChI=1S/C14H15N3O2/c1-2-11-3-4-12(15-9-11)7-8-19-14-6-5-13(10-18)16-17-14/h3-6,9-10H,2,7-8H2,1H3. The van der Waals surface area contributed by atoms with E-state index < -0.39 is 0 Å². The first-order chi connectivity index (χ1) is 9.31. The number of carbonyl (C=O) groups excluding carboxylic acids is 1. The highest BCUT2D eigenvalue weighted by atomic mass is 16.5. The second kappa shape index (κ2) is 6.58. The van der Waals surface area contributed by atoms with E-state index in [-0.39, 0.29) is 0 Å². The van der Waals surface area contributed by atoms with Crippen molar-refractivity contribution in [1.82, 2.24) is 15.2 Å². The summed E-state index contributed by atoms with van der Waals surface area (Å²) < 4.78 is 5.44. The highest BCUT2D eigenvalue weighted by Gasteiger charge is 1.99. The van der Waals surface area contributed by atoms with E-state index >= 15 is 0 Å². The molecule has 0 amide bonds. The van der Waals surface area contributed by atoms with E-state index in [1.165, 1.54) is 5.56 Å². The molecule has 0 atom stereocenters. The Morgan fingerprint density at radius 2 is 2.11 bits per heavy atom. The van der Waals surface area contributed by atoms with Gasteiger partial charge < -0.3 is 4.74 Å². The van der Waals surface area contributed by atoms with Crippen molar-refractivity contribution in [3.8, 4) is 5.88 Å².